The molecule has 5 heteroatoms. The van der Waals surface area contributed by atoms with Crippen molar-refractivity contribution in [3.05, 3.63) is 64.2 Å². The average molecular weight is 480 g/mol. The van der Waals surface area contributed by atoms with Crippen molar-refractivity contribution in [1.29, 1.82) is 0 Å². The van der Waals surface area contributed by atoms with E-state index in [1.807, 2.05) is 18.2 Å². The molecule has 4 nitrogen and oxygen atoms in total. The molecule has 0 aromatic heterocycles. The van der Waals surface area contributed by atoms with Crippen LogP contribution in [-0.2, 0) is 29.5 Å². The second-order valence-corrected chi connectivity index (χ2v) is 10.1. The van der Waals surface area contributed by atoms with E-state index in [-0.39, 0.29) is 23.4 Å². The van der Waals surface area contributed by atoms with E-state index in [0.29, 0.717) is 31.7 Å². The largest absolute Gasteiger partial charge is 0.491 e. The highest BCUT2D eigenvalue weighted by atomic mass is 35.5. The zero-order valence-electron chi connectivity index (χ0n) is 21.7. The van der Waals surface area contributed by atoms with E-state index in [1.54, 1.807) is 0 Å². The number of aryl methyl sites for hydroxylation is 1. The summed E-state index contributed by atoms with van der Waals surface area (Å²) in [7, 11) is 0. The predicted molar refractivity (Wildman–Crippen MR) is 143 cm³/mol. The van der Waals surface area contributed by atoms with E-state index in [9.17, 15) is 0 Å². The van der Waals surface area contributed by atoms with Crippen LogP contribution in [0, 0.1) is 18.8 Å². The SMILES string of the molecule is Cc1ccccc1OCCOCCc1c(C(C)(C)N)ccc(CC(C)C)c1CC(C)C.Cl.O. The van der Waals surface area contributed by atoms with E-state index >= 15 is 0 Å². The van der Waals surface area contributed by atoms with Gasteiger partial charge in [0.05, 0.1) is 13.2 Å². The number of para-hydroxylation sites is 1. The molecule has 2 aromatic rings. The maximum Gasteiger partial charge on any atom is 0.122 e. The molecular weight excluding hydrogens is 434 g/mol. The fourth-order valence-electron chi connectivity index (χ4n) is 4.13. The van der Waals surface area contributed by atoms with Gasteiger partial charge in [-0.05, 0) is 85.8 Å². The van der Waals surface area contributed by atoms with Gasteiger partial charge in [0.2, 0.25) is 0 Å². The van der Waals surface area contributed by atoms with Crippen molar-refractivity contribution in [1.82, 2.24) is 0 Å². The fourth-order valence-corrected chi connectivity index (χ4v) is 4.13. The third-order valence-electron chi connectivity index (χ3n) is 5.54. The van der Waals surface area contributed by atoms with Crippen molar-refractivity contribution in [2.75, 3.05) is 19.8 Å². The molecule has 188 valence electrons. The van der Waals surface area contributed by atoms with Crippen LogP contribution in [0.25, 0.3) is 0 Å². The molecule has 0 aliphatic carbocycles. The summed E-state index contributed by atoms with van der Waals surface area (Å²) < 4.78 is 11.8. The quantitative estimate of drug-likeness (QED) is 0.389. The second-order valence-electron chi connectivity index (χ2n) is 10.1. The van der Waals surface area contributed by atoms with Gasteiger partial charge in [-0.1, -0.05) is 58.0 Å². The molecule has 0 aliphatic heterocycles. The van der Waals surface area contributed by atoms with E-state index < -0.39 is 0 Å². The summed E-state index contributed by atoms with van der Waals surface area (Å²) in [5.41, 5.74) is 12.9. The Kier molecular flexibility index (Phi) is 13.9. The first-order chi connectivity index (χ1) is 14.6. The third-order valence-corrected chi connectivity index (χ3v) is 5.54. The minimum absolute atomic E-state index is 0. The maximum absolute atomic E-state index is 6.58. The van der Waals surface area contributed by atoms with Crippen LogP contribution in [0.2, 0.25) is 0 Å². The molecule has 4 N–H and O–H groups in total. The standard InChI is InChI=1S/C28H43NO2.ClH.H2O/c1-20(2)18-23-12-13-26(28(6,7)29)24(25(23)19-21(3)4)14-15-30-16-17-31-27-11-9-8-10-22(27)5;;/h8-13,20-21H,14-19,29H2,1-7H3;1H;1H2. The van der Waals surface area contributed by atoms with Gasteiger partial charge in [0.25, 0.3) is 0 Å². The third kappa shape index (κ3) is 10.1. The van der Waals surface area contributed by atoms with Crippen LogP contribution in [0.15, 0.2) is 36.4 Å². The normalized spacial score (nSPS) is 11.3. The van der Waals surface area contributed by atoms with E-state index in [0.717, 1.165) is 30.6 Å². The van der Waals surface area contributed by atoms with Gasteiger partial charge < -0.3 is 20.7 Å². The van der Waals surface area contributed by atoms with Gasteiger partial charge >= 0.3 is 0 Å². The number of ether oxygens (including phenoxy) is 2. The highest BCUT2D eigenvalue weighted by Gasteiger charge is 2.23. The van der Waals surface area contributed by atoms with Crippen molar-refractivity contribution in [2.24, 2.45) is 17.6 Å². The van der Waals surface area contributed by atoms with E-state index in [2.05, 4.69) is 66.7 Å². The first-order valence-corrected chi connectivity index (χ1v) is 11.8. The Labute approximate surface area is 208 Å². The fraction of sp³-hybridized carbons (Fsp3) is 0.571. The number of halogens is 1. The van der Waals surface area contributed by atoms with E-state index in [1.165, 1.54) is 22.3 Å². The van der Waals surface area contributed by atoms with Crippen LogP contribution in [0.5, 0.6) is 5.75 Å². The first-order valence-electron chi connectivity index (χ1n) is 11.8. The first kappa shape index (κ1) is 31.4. The zero-order valence-corrected chi connectivity index (χ0v) is 22.5. The Morgan fingerprint density at radius 3 is 2.06 bits per heavy atom. The lowest BCUT2D eigenvalue weighted by atomic mass is 9.81. The number of hydrogen-bond donors (Lipinski definition) is 1. The summed E-state index contributed by atoms with van der Waals surface area (Å²) in [4.78, 5) is 0. The average Bonchev–Trinajstić information content (AvgIpc) is 2.66. The molecule has 0 bridgehead atoms. The Morgan fingerprint density at radius 2 is 1.48 bits per heavy atom. The van der Waals surface area contributed by atoms with Gasteiger partial charge in [0, 0.05) is 5.54 Å². The lowest BCUT2D eigenvalue weighted by Crippen LogP contribution is -2.31. The lowest BCUT2D eigenvalue weighted by molar-refractivity contribution is 0.102. The topological polar surface area (TPSA) is 76.0 Å². The summed E-state index contributed by atoms with van der Waals surface area (Å²) in [6.07, 6.45) is 3.07. The molecule has 0 saturated carbocycles. The highest BCUT2D eigenvalue weighted by molar-refractivity contribution is 5.85. The van der Waals surface area contributed by atoms with Gasteiger partial charge in [-0.3, -0.25) is 0 Å². The molecule has 0 spiro atoms. The summed E-state index contributed by atoms with van der Waals surface area (Å²) in [5, 5.41) is 0. The van der Waals surface area contributed by atoms with Gasteiger partial charge in [-0.15, -0.1) is 12.4 Å². The molecule has 0 unspecified atom stereocenters. The van der Waals surface area contributed by atoms with Crippen molar-refractivity contribution in [3.8, 4) is 5.75 Å². The van der Waals surface area contributed by atoms with Crippen molar-refractivity contribution in [2.45, 2.75) is 73.3 Å². The van der Waals surface area contributed by atoms with Gasteiger partial charge in [-0.25, -0.2) is 0 Å². The summed E-state index contributed by atoms with van der Waals surface area (Å²) in [6, 6.07) is 12.6. The molecule has 0 amide bonds. The smallest absolute Gasteiger partial charge is 0.122 e. The molecular formula is C28H46ClNO3. The Balaban J connectivity index is 0.00000512. The monoisotopic (exact) mass is 479 g/mol. The molecule has 33 heavy (non-hydrogen) atoms. The number of nitrogens with two attached hydrogens (primary N) is 1. The Bertz CT molecular complexity index is 828. The zero-order chi connectivity index (χ0) is 23.0. The predicted octanol–water partition coefficient (Wildman–Crippen LogP) is 5.82. The van der Waals surface area contributed by atoms with Crippen LogP contribution in [0.1, 0.15) is 69.4 Å². The molecule has 0 saturated heterocycles. The van der Waals surface area contributed by atoms with Crippen LogP contribution >= 0.6 is 12.4 Å². The minimum Gasteiger partial charge on any atom is -0.491 e. The van der Waals surface area contributed by atoms with E-state index in [4.69, 9.17) is 15.2 Å². The van der Waals surface area contributed by atoms with Crippen LogP contribution < -0.4 is 10.5 Å². The lowest BCUT2D eigenvalue weighted by Gasteiger charge is -2.28. The molecule has 0 atom stereocenters. The highest BCUT2D eigenvalue weighted by Crippen LogP contribution is 2.30. The van der Waals surface area contributed by atoms with Gasteiger partial charge in [0.15, 0.2) is 0 Å². The summed E-state index contributed by atoms with van der Waals surface area (Å²) >= 11 is 0. The summed E-state index contributed by atoms with van der Waals surface area (Å²) in [6.45, 7) is 17.3. The van der Waals surface area contributed by atoms with Crippen LogP contribution in [0.3, 0.4) is 0 Å². The van der Waals surface area contributed by atoms with Crippen LogP contribution in [-0.4, -0.2) is 25.3 Å². The van der Waals surface area contributed by atoms with Gasteiger partial charge in [-0.2, -0.15) is 0 Å². The molecule has 0 aliphatic rings. The molecule has 0 radical (unpaired) electrons. The van der Waals surface area contributed by atoms with Crippen molar-refractivity contribution >= 4 is 12.4 Å². The Morgan fingerprint density at radius 1 is 0.848 bits per heavy atom. The maximum atomic E-state index is 6.58. The number of benzene rings is 2. The number of hydrogen-bond acceptors (Lipinski definition) is 3. The Hall–Kier alpha value is -1.59. The number of rotatable bonds is 12. The summed E-state index contributed by atoms with van der Waals surface area (Å²) in [5.74, 6) is 2.16. The minimum atomic E-state index is -0.370. The second kappa shape index (κ2) is 14.6. The molecule has 0 fully saturated rings. The van der Waals surface area contributed by atoms with Gasteiger partial charge in [0.1, 0.15) is 12.4 Å². The molecule has 2 rings (SSSR count). The van der Waals surface area contributed by atoms with Crippen molar-refractivity contribution < 1.29 is 14.9 Å². The molecule has 0 heterocycles. The van der Waals surface area contributed by atoms with Crippen molar-refractivity contribution in [3.63, 3.8) is 0 Å². The molecule has 2 aromatic carbocycles. The van der Waals surface area contributed by atoms with Crippen LogP contribution in [0.4, 0.5) is 0 Å².